The summed E-state index contributed by atoms with van der Waals surface area (Å²) < 4.78 is 5.64. The first-order valence-electron chi connectivity index (χ1n) is 4.98. The molecule has 1 nitrogen and oxygen atoms in total. The fourth-order valence-corrected chi connectivity index (χ4v) is 1.44. The minimum atomic E-state index is 0.664. The Hall–Kier alpha value is -1.50. The van der Waals surface area contributed by atoms with Crippen LogP contribution in [0.15, 0.2) is 54.3 Å². The van der Waals surface area contributed by atoms with Gasteiger partial charge < -0.3 is 4.74 Å². The highest BCUT2D eigenvalue weighted by Gasteiger charge is 1.98. The number of rotatable bonds is 3. The van der Waals surface area contributed by atoms with Crippen LogP contribution in [-0.2, 0) is 11.3 Å². The van der Waals surface area contributed by atoms with Gasteiger partial charge in [0.15, 0.2) is 0 Å². The van der Waals surface area contributed by atoms with Gasteiger partial charge in [0, 0.05) is 0 Å². The molecule has 1 aliphatic carbocycles. The third kappa shape index (κ3) is 2.49. The fourth-order valence-electron chi connectivity index (χ4n) is 1.44. The van der Waals surface area contributed by atoms with Gasteiger partial charge in [0.05, 0.1) is 0 Å². The molecule has 0 heterocycles. The van der Waals surface area contributed by atoms with Gasteiger partial charge in [-0.1, -0.05) is 36.4 Å². The number of benzene rings is 1. The molecular formula is C13H14O. The van der Waals surface area contributed by atoms with Crippen molar-refractivity contribution in [3.8, 4) is 0 Å². The second-order valence-electron chi connectivity index (χ2n) is 3.36. The third-order valence-corrected chi connectivity index (χ3v) is 2.21. The van der Waals surface area contributed by atoms with Crippen LogP contribution in [0.1, 0.15) is 18.4 Å². The number of hydrogen-bond acceptors (Lipinski definition) is 1. The van der Waals surface area contributed by atoms with E-state index in [2.05, 4.69) is 24.3 Å². The molecule has 0 N–H and O–H groups in total. The van der Waals surface area contributed by atoms with Gasteiger partial charge in [-0.25, -0.2) is 0 Å². The zero-order chi connectivity index (χ0) is 9.64. The van der Waals surface area contributed by atoms with Gasteiger partial charge in [0.1, 0.15) is 12.4 Å². The second-order valence-corrected chi connectivity index (χ2v) is 3.36. The molecule has 0 spiro atoms. The van der Waals surface area contributed by atoms with E-state index in [1.165, 1.54) is 5.56 Å². The molecule has 1 aliphatic rings. The smallest absolute Gasteiger partial charge is 0.115 e. The van der Waals surface area contributed by atoms with Gasteiger partial charge in [-0.3, -0.25) is 0 Å². The lowest BCUT2D eigenvalue weighted by molar-refractivity contribution is 0.209. The average molecular weight is 186 g/mol. The summed E-state index contributed by atoms with van der Waals surface area (Å²) in [5.41, 5.74) is 1.22. The monoisotopic (exact) mass is 186 g/mol. The van der Waals surface area contributed by atoms with Crippen molar-refractivity contribution in [2.75, 3.05) is 0 Å². The first-order valence-corrected chi connectivity index (χ1v) is 4.98. The van der Waals surface area contributed by atoms with E-state index in [0.29, 0.717) is 6.61 Å². The molecule has 72 valence electrons. The van der Waals surface area contributed by atoms with Gasteiger partial charge in [-0.2, -0.15) is 0 Å². The van der Waals surface area contributed by atoms with Crippen LogP contribution in [0.4, 0.5) is 0 Å². The molecule has 1 heteroatoms. The van der Waals surface area contributed by atoms with Crippen LogP contribution in [0, 0.1) is 0 Å². The van der Waals surface area contributed by atoms with Gasteiger partial charge >= 0.3 is 0 Å². The molecule has 2 rings (SSSR count). The molecule has 0 atom stereocenters. The molecule has 0 saturated heterocycles. The molecule has 1 aromatic carbocycles. The molecule has 0 saturated carbocycles. The quantitative estimate of drug-likeness (QED) is 0.702. The van der Waals surface area contributed by atoms with Crippen LogP contribution in [0.5, 0.6) is 0 Å². The molecule has 0 aliphatic heterocycles. The summed E-state index contributed by atoms with van der Waals surface area (Å²) in [4.78, 5) is 0. The number of allylic oxidation sites excluding steroid dienone is 3. The van der Waals surface area contributed by atoms with Gasteiger partial charge in [0.2, 0.25) is 0 Å². The zero-order valence-electron chi connectivity index (χ0n) is 8.15. The van der Waals surface area contributed by atoms with Gasteiger partial charge in [-0.15, -0.1) is 0 Å². The fraction of sp³-hybridized carbons (Fsp3) is 0.231. The summed E-state index contributed by atoms with van der Waals surface area (Å²) in [6.07, 6.45) is 8.58. The van der Waals surface area contributed by atoms with Crippen LogP contribution in [0.3, 0.4) is 0 Å². The lowest BCUT2D eigenvalue weighted by Crippen LogP contribution is -1.93. The summed E-state index contributed by atoms with van der Waals surface area (Å²) in [6, 6.07) is 10.2. The van der Waals surface area contributed by atoms with Crippen molar-refractivity contribution in [2.45, 2.75) is 19.4 Å². The Labute approximate surface area is 84.7 Å². The maximum Gasteiger partial charge on any atom is 0.115 e. The van der Waals surface area contributed by atoms with Crippen LogP contribution in [-0.4, -0.2) is 0 Å². The van der Waals surface area contributed by atoms with E-state index in [-0.39, 0.29) is 0 Å². The Bertz CT molecular complexity index is 336. The van der Waals surface area contributed by atoms with E-state index >= 15 is 0 Å². The van der Waals surface area contributed by atoms with E-state index in [1.807, 2.05) is 24.3 Å². The summed E-state index contributed by atoms with van der Waals surface area (Å²) in [5.74, 6) is 1.00. The predicted octanol–water partition coefficient (Wildman–Crippen LogP) is 3.44. The summed E-state index contributed by atoms with van der Waals surface area (Å²) in [6.45, 7) is 0.664. The summed E-state index contributed by atoms with van der Waals surface area (Å²) >= 11 is 0. The molecule has 0 radical (unpaired) electrons. The highest BCUT2D eigenvalue weighted by atomic mass is 16.5. The third-order valence-electron chi connectivity index (χ3n) is 2.21. The molecule has 1 aromatic rings. The molecule has 0 amide bonds. The van der Waals surface area contributed by atoms with Crippen molar-refractivity contribution in [3.05, 3.63) is 59.9 Å². The SMILES string of the molecule is C1=CC(OCc2ccccc2)=CCC1. The Morgan fingerprint density at radius 3 is 2.64 bits per heavy atom. The number of hydrogen-bond donors (Lipinski definition) is 0. The Balaban J connectivity index is 1.88. The first-order chi connectivity index (χ1) is 6.95. The zero-order valence-corrected chi connectivity index (χ0v) is 8.15. The van der Waals surface area contributed by atoms with E-state index in [4.69, 9.17) is 4.74 Å². The summed E-state index contributed by atoms with van der Waals surface area (Å²) in [5, 5.41) is 0. The van der Waals surface area contributed by atoms with Gasteiger partial charge in [-0.05, 0) is 30.6 Å². The highest BCUT2D eigenvalue weighted by molar-refractivity contribution is 5.18. The molecule has 14 heavy (non-hydrogen) atoms. The van der Waals surface area contributed by atoms with Crippen molar-refractivity contribution in [2.24, 2.45) is 0 Å². The normalized spacial score (nSPS) is 15.0. The molecule has 0 unspecified atom stereocenters. The molecule has 0 aromatic heterocycles. The Morgan fingerprint density at radius 1 is 1.07 bits per heavy atom. The Morgan fingerprint density at radius 2 is 1.93 bits per heavy atom. The molecule has 0 fully saturated rings. The average Bonchev–Trinajstić information content (AvgIpc) is 2.29. The second kappa shape index (κ2) is 4.66. The molecular weight excluding hydrogens is 172 g/mol. The van der Waals surface area contributed by atoms with Crippen LogP contribution in [0.2, 0.25) is 0 Å². The van der Waals surface area contributed by atoms with E-state index in [0.717, 1.165) is 18.6 Å². The lowest BCUT2D eigenvalue weighted by atomic mass is 10.2. The maximum atomic E-state index is 5.64. The van der Waals surface area contributed by atoms with Crippen LogP contribution < -0.4 is 0 Å². The van der Waals surface area contributed by atoms with Crippen molar-refractivity contribution in [1.29, 1.82) is 0 Å². The van der Waals surface area contributed by atoms with Crippen molar-refractivity contribution >= 4 is 0 Å². The van der Waals surface area contributed by atoms with Gasteiger partial charge in [0.25, 0.3) is 0 Å². The minimum Gasteiger partial charge on any atom is -0.489 e. The van der Waals surface area contributed by atoms with Crippen molar-refractivity contribution in [3.63, 3.8) is 0 Å². The van der Waals surface area contributed by atoms with E-state index < -0.39 is 0 Å². The van der Waals surface area contributed by atoms with E-state index in [1.54, 1.807) is 0 Å². The van der Waals surface area contributed by atoms with Crippen molar-refractivity contribution < 1.29 is 4.74 Å². The maximum absolute atomic E-state index is 5.64. The number of ether oxygens (including phenoxy) is 1. The predicted molar refractivity (Wildman–Crippen MR) is 57.7 cm³/mol. The standard InChI is InChI=1S/C13H14O/c1-3-7-12(8-4-1)11-14-13-9-5-2-6-10-13/h1,3-5,7-10H,2,6,11H2. The Kier molecular flexibility index (Phi) is 3.02. The minimum absolute atomic E-state index is 0.664. The first kappa shape index (κ1) is 9.07. The van der Waals surface area contributed by atoms with Crippen molar-refractivity contribution in [1.82, 2.24) is 0 Å². The van der Waals surface area contributed by atoms with Crippen LogP contribution in [0.25, 0.3) is 0 Å². The highest BCUT2D eigenvalue weighted by Crippen LogP contribution is 2.13. The summed E-state index contributed by atoms with van der Waals surface area (Å²) in [7, 11) is 0. The largest absolute Gasteiger partial charge is 0.489 e. The topological polar surface area (TPSA) is 9.23 Å². The van der Waals surface area contributed by atoms with E-state index in [9.17, 15) is 0 Å². The lowest BCUT2D eigenvalue weighted by Gasteiger charge is -2.09. The van der Waals surface area contributed by atoms with Crippen LogP contribution >= 0.6 is 0 Å². The molecule has 0 bridgehead atoms.